The molecule has 0 bridgehead atoms. The normalized spacial score (nSPS) is 33.4. The number of rotatable bonds is 2. The molecule has 0 unspecified atom stereocenters. The van der Waals surface area contributed by atoms with Crippen LogP contribution in [0.3, 0.4) is 0 Å². The zero-order valence-corrected chi connectivity index (χ0v) is 12.8. The predicted octanol–water partition coefficient (Wildman–Crippen LogP) is 1.66. The quantitative estimate of drug-likeness (QED) is 0.868. The summed E-state index contributed by atoms with van der Waals surface area (Å²) in [5.74, 6) is 0.120. The molecule has 6 nitrogen and oxygen atoms in total. The average molecular weight is 292 g/mol. The van der Waals surface area contributed by atoms with E-state index < -0.39 is 5.60 Å². The Morgan fingerprint density at radius 2 is 2.14 bits per heavy atom. The van der Waals surface area contributed by atoms with Gasteiger partial charge in [0, 0.05) is 18.5 Å². The molecule has 1 amide bonds. The van der Waals surface area contributed by atoms with E-state index in [1.807, 2.05) is 11.8 Å². The van der Waals surface area contributed by atoms with Crippen LogP contribution in [0.4, 0.5) is 0 Å². The Labute approximate surface area is 124 Å². The number of carbonyl (C=O) groups is 1. The molecular formula is C15H24N4O2. The molecule has 2 aliphatic rings. The molecule has 21 heavy (non-hydrogen) atoms. The first-order chi connectivity index (χ1) is 10.0. The van der Waals surface area contributed by atoms with Crippen LogP contribution in [0.2, 0.25) is 0 Å². The zero-order chi connectivity index (χ0) is 15.0. The van der Waals surface area contributed by atoms with Crippen molar-refractivity contribution in [2.24, 2.45) is 5.92 Å². The van der Waals surface area contributed by atoms with Crippen molar-refractivity contribution in [3.63, 3.8) is 0 Å². The van der Waals surface area contributed by atoms with Gasteiger partial charge in [0.15, 0.2) is 5.69 Å². The number of amides is 1. The van der Waals surface area contributed by atoms with Crippen LogP contribution >= 0.6 is 0 Å². The number of carbonyl (C=O) groups excluding carboxylic acids is 1. The van der Waals surface area contributed by atoms with Crippen LogP contribution in [0, 0.1) is 12.8 Å². The fourth-order valence-electron chi connectivity index (χ4n) is 4.04. The van der Waals surface area contributed by atoms with E-state index >= 15 is 0 Å². The third kappa shape index (κ3) is 2.57. The van der Waals surface area contributed by atoms with E-state index in [0.717, 1.165) is 45.1 Å². The Balaban J connectivity index is 1.82. The largest absolute Gasteiger partial charge is 0.390 e. The van der Waals surface area contributed by atoms with Crippen LogP contribution < -0.4 is 0 Å². The molecule has 116 valence electrons. The summed E-state index contributed by atoms with van der Waals surface area (Å²) >= 11 is 0. The highest BCUT2D eigenvalue weighted by atomic mass is 16.3. The number of likely N-dealkylation sites (tertiary alicyclic amines) is 1. The van der Waals surface area contributed by atoms with Crippen molar-refractivity contribution in [3.05, 3.63) is 11.4 Å². The van der Waals surface area contributed by atoms with Gasteiger partial charge in [-0.1, -0.05) is 12.8 Å². The second-order valence-electron chi connectivity index (χ2n) is 6.68. The molecule has 0 radical (unpaired) electrons. The number of aryl methyl sites for hydroxylation is 1. The number of H-pyrrole nitrogens is 1. The fraction of sp³-hybridized carbons (Fsp3) is 0.800. The predicted molar refractivity (Wildman–Crippen MR) is 77.8 cm³/mol. The SMILES string of the molecule is Cc1n[nH]nc1C(=O)N1CCC[C@@H]1[C@H]1CCCC[C@@]1(C)O. The lowest BCUT2D eigenvalue weighted by Crippen LogP contribution is -2.50. The molecule has 1 aliphatic carbocycles. The minimum absolute atomic E-state index is 0.0508. The van der Waals surface area contributed by atoms with Gasteiger partial charge in [-0.2, -0.15) is 15.4 Å². The maximum atomic E-state index is 12.7. The van der Waals surface area contributed by atoms with E-state index in [2.05, 4.69) is 15.4 Å². The lowest BCUT2D eigenvalue weighted by Gasteiger charge is -2.43. The van der Waals surface area contributed by atoms with E-state index in [4.69, 9.17) is 0 Å². The maximum absolute atomic E-state index is 12.7. The van der Waals surface area contributed by atoms with Crippen molar-refractivity contribution < 1.29 is 9.90 Å². The minimum atomic E-state index is -0.662. The molecule has 6 heteroatoms. The molecule has 0 aromatic carbocycles. The van der Waals surface area contributed by atoms with Crippen molar-refractivity contribution in [2.45, 2.75) is 64.0 Å². The van der Waals surface area contributed by atoms with Gasteiger partial charge in [-0.3, -0.25) is 4.79 Å². The van der Waals surface area contributed by atoms with Gasteiger partial charge in [-0.05, 0) is 39.5 Å². The van der Waals surface area contributed by atoms with Gasteiger partial charge in [0.25, 0.3) is 5.91 Å². The van der Waals surface area contributed by atoms with E-state index in [1.165, 1.54) is 0 Å². The van der Waals surface area contributed by atoms with Gasteiger partial charge in [0.05, 0.1) is 11.3 Å². The molecule has 0 spiro atoms. The summed E-state index contributed by atoms with van der Waals surface area (Å²) in [6.45, 7) is 4.47. The number of nitrogens with one attached hydrogen (secondary N) is 1. The molecule has 1 saturated carbocycles. The molecule has 1 saturated heterocycles. The van der Waals surface area contributed by atoms with E-state index in [9.17, 15) is 9.90 Å². The van der Waals surface area contributed by atoms with Crippen molar-refractivity contribution in [3.8, 4) is 0 Å². The monoisotopic (exact) mass is 292 g/mol. The summed E-state index contributed by atoms with van der Waals surface area (Å²) in [7, 11) is 0. The van der Waals surface area contributed by atoms with Crippen LogP contribution in [-0.2, 0) is 0 Å². The number of hydrogen-bond acceptors (Lipinski definition) is 4. The molecular weight excluding hydrogens is 268 g/mol. The zero-order valence-electron chi connectivity index (χ0n) is 12.8. The molecule has 3 atom stereocenters. The van der Waals surface area contributed by atoms with Crippen LogP contribution in [0.25, 0.3) is 0 Å². The van der Waals surface area contributed by atoms with E-state index in [1.54, 1.807) is 6.92 Å². The van der Waals surface area contributed by atoms with Gasteiger partial charge in [0.2, 0.25) is 0 Å². The van der Waals surface area contributed by atoms with Crippen molar-refractivity contribution in [1.82, 2.24) is 20.3 Å². The highest BCUT2D eigenvalue weighted by Gasteiger charge is 2.45. The van der Waals surface area contributed by atoms with Crippen LogP contribution in [-0.4, -0.2) is 49.5 Å². The van der Waals surface area contributed by atoms with Crippen molar-refractivity contribution in [1.29, 1.82) is 0 Å². The van der Waals surface area contributed by atoms with Crippen LogP contribution in [0.1, 0.15) is 61.6 Å². The standard InChI is InChI=1S/C15H24N4O2/c1-10-13(17-18-16-10)14(20)19-9-5-7-12(19)11-6-3-4-8-15(11,2)21/h11-12,21H,3-9H2,1-2H3,(H,16,17,18)/t11-,12-,15-/m1/s1. The number of aliphatic hydroxyl groups is 1. The Morgan fingerprint density at radius 1 is 1.33 bits per heavy atom. The molecule has 2 N–H and O–H groups in total. The summed E-state index contributed by atoms with van der Waals surface area (Å²) in [6, 6.07) is 0.129. The molecule has 2 heterocycles. The molecule has 1 aromatic heterocycles. The maximum Gasteiger partial charge on any atom is 0.276 e. The van der Waals surface area contributed by atoms with Gasteiger partial charge < -0.3 is 10.0 Å². The van der Waals surface area contributed by atoms with E-state index in [0.29, 0.717) is 11.4 Å². The Morgan fingerprint density at radius 3 is 2.81 bits per heavy atom. The van der Waals surface area contributed by atoms with Crippen molar-refractivity contribution in [2.75, 3.05) is 6.54 Å². The summed E-state index contributed by atoms with van der Waals surface area (Å²) in [6.07, 6.45) is 6.02. The Bertz CT molecular complexity index is 525. The lowest BCUT2D eigenvalue weighted by molar-refractivity contribution is -0.0578. The van der Waals surface area contributed by atoms with Gasteiger partial charge >= 0.3 is 0 Å². The summed E-state index contributed by atoms with van der Waals surface area (Å²) in [5.41, 5.74) is 0.392. The second kappa shape index (κ2) is 5.40. The number of aromatic nitrogens is 3. The van der Waals surface area contributed by atoms with Crippen LogP contribution in [0.5, 0.6) is 0 Å². The first kappa shape index (κ1) is 14.5. The molecule has 1 aromatic rings. The summed E-state index contributed by atoms with van der Waals surface area (Å²) in [5, 5.41) is 21.2. The summed E-state index contributed by atoms with van der Waals surface area (Å²) < 4.78 is 0. The van der Waals surface area contributed by atoms with Gasteiger partial charge in [-0.15, -0.1) is 0 Å². The smallest absolute Gasteiger partial charge is 0.276 e. The van der Waals surface area contributed by atoms with Gasteiger partial charge in [0.1, 0.15) is 0 Å². The van der Waals surface area contributed by atoms with E-state index in [-0.39, 0.29) is 17.9 Å². The first-order valence-electron chi connectivity index (χ1n) is 7.91. The first-order valence-corrected chi connectivity index (χ1v) is 7.91. The Kier molecular flexibility index (Phi) is 3.73. The fourth-order valence-corrected chi connectivity index (χ4v) is 4.04. The summed E-state index contributed by atoms with van der Waals surface area (Å²) in [4.78, 5) is 14.6. The number of aromatic amines is 1. The second-order valence-corrected chi connectivity index (χ2v) is 6.68. The van der Waals surface area contributed by atoms with Gasteiger partial charge in [-0.25, -0.2) is 0 Å². The molecule has 1 aliphatic heterocycles. The topological polar surface area (TPSA) is 82.1 Å². The molecule has 2 fully saturated rings. The average Bonchev–Trinajstić information content (AvgIpc) is 3.06. The minimum Gasteiger partial charge on any atom is -0.390 e. The highest BCUT2D eigenvalue weighted by Crippen LogP contribution is 2.41. The number of nitrogens with zero attached hydrogens (tertiary/aromatic N) is 3. The Hall–Kier alpha value is -1.43. The molecule has 3 rings (SSSR count). The highest BCUT2D eigenvalue weighted by molar-refractivity contribution is 5.93. The van der Waals surface area contributed by atoms with Crippen LogP contribution in [0.15, 0.2) is 0 Å². The third-order valence-electron chi connectivity index (χ3n) is 5.20. The van der Waals surface area contributed by atoms with Crippen molar-refractivity contribution >= 4 is 5.91 Å². The lowest BCUT2D eigenvalue weighted by atomic mass is 9.72. The third-order valence-corrected chi connectivity index (χ3v) is 5.20. The number of hydrogen-bond donors (Lipinski definition) is 2.